The van der Waals surface area contributed by atoms with Gasteiger partial charge >= 0.3 is 0 Å². The first-order chi connectivity index (χ1) is 7.92. The number of hydrogen-bond acceptors (Lipinski definition) is 0. The van der Waals surface area contributed by atoms with Gasteiger partial charge in [-0.05, 0) is 5.54 Å². The van der Waals surface area contributed by atoms with E-state index in [2.05, 4.69) is 48.6 Å². The highest BCUT2D eigenvalue weighted by Crippen LogP contribution is 2.40. The van der Waals surface area contributed by atoms with Crippen LogP contribution in [0.1, 0.15) is 19.3 Å². The predicted octanol–water partition coefficient (Wildman–Crippen LogP) is 3.74. The molecule has 0 aromatic heterocycles. The van der Waals surface area contributed by atoms with Gasteiger partial charge in [0.15, 0.2) is 0 Å². The minimum absolute atomic E-state index is 0.773. The average molecular weight is 227 g/mol. The zero-order chi connectivity index (χ0) is 10.8. The van der Waals surface area contributed by atoms with Gasteiger partial charge in [-0.1, -0.05) is 55.7 Å². The highest BCUT2D eigenvalue weighted by atomic mass is 28.3. The third-order valence-electron chi connectivity index (χ3n) is 4.37. The van der Waals surface area contributed by atoms with Crippen molar-refractivity contribution >= 4 is 13.3 Å². The Morgan fingerprint density at radius 3 is 2.12 bits per heavy atom. The molecule has 84 valence electrons. The monoisotopic (exact) mass is 227 g/mol. The Morgan fingerprint density at radius 1 is 0.875 bits per heavy atom. The second-order valence-corrected chi connectivity index (χ2v) is 9.74. The first-order valence-electron chi connectivity index (χ1n) is 6.49. The van der Waals surface area contributed by atoms with Crippen LogP contribution in [0.4, 0.5) is 0 Å². The molecule has 1 heterocycles. The van der Waals surface area contributed by atoms with Crippen molar-refractivity contribution in [3.63, 3.8) is 0 Å². The summed E-state index contributed by atoms with van der Waals surface area (Å²) in [6, 6.07) is 12.2. The lowest BCUT2D eigenvalue weighted by Crippen LogP contribution is -2.51. The summed E-state index contributed by atoms with van der Waals surface area (Å²) in [4.78, 5) is 0. The molecule has 1 aliphatic carbocycles. The minimum Gasteiger partial charge on any atom is -0.214 e. The molecule has 3 rings (SSSR count). The quantitative estimate of drug-likeness (QED) is 0.533. The summed E-state index contributed by atoms with van der Waals surface area (Å²) < 4.78 is 0. The van der Waals surface area contributed by atoms with Gasteiger partial charge in [0.25, 0.3) is 0 Å². The van der Waals surface area contributed by atoms with Crippen LogP contribution in [0, 0.1) is 0 Å². The summed E-state index contributed by atoms with van der Waals surface area (Å²) >= 11 is 0. The van der Waals surface area contributed by atoms with Crippen LogP contribution in [0.2, 0.25) is 17.6 Å². The molecule has 1 aliphatic heterocycles. The first-order valence-corrected chi connectivity index (χ1v) is 8.98. The fraction of sp³-hybridized carbons (Fsp3) is 0.400. The van der Waals surface area contributed by atoms with Gasteiger partial charge < -0.3 is 0 Å². The Hall–Kier alpha value is -0.953. The third-order valence-corrected chi connectivity index (χ3v) is 10.0. The van der Waals surface area contributed by atoms with Crippen LogP contribution >= 0.6 is 0 Å². The normalized spacial score (nSPS) is 24.0. The standard InChI is InChI=1S/C15H19Si/c1-6-12-16(13-7-1,14-8-2-3-9-14)15-10-4-5-11-15/h2-5,8-11,14H,1,6-7,12-13H2/q-1. The van der Waals surface area contributed by atoms with E-state index in [1.807, 2.05) is 0 Å². The summed E-state index contributed by atoms with van der Waals surface area (Å²) in [5.41, 5.74) is 0.773. The van der Waals surface area contributed by atoms with Gasteiger partial charge in [-0.2, -0.15) is 17.3 Å². The summed E-state index contributed by atoms with van der Waals surface area (Å²) in [7, 11) is -1.25. The Bertz CT molecular complexity index is 379. The topological polar surface area (TPSA) is 0 Å². The van der Waals surface area contributed by atoms with E-state index in [1.165, 1.54) is 31.4 Å². The summed E-state index contributed by atoms with van der Waals surface area (Å²) in [5.74, 6) is 0. The SMILES string of the molecule is C1=CC([Si]2([c-]3cccc3)CCCCC2)C=C1. The largest absolute Gasteiger partial charge is 0.214 e. The van der Waals surface area contributed by atoms with Crippen molar-refractivity contribution in [1.82, 2.24) is 0 Å². The van der Waals surface area contributed by atoms with Crippen molar-refractivity contribution in [3.8, 4) is 0 Å². The molecule has 1 fully saturated rings. The molecule has 0 bridgehead atoms. The van der Waals surface area contributed by atoms with Crippen molar-refractivity contribution in [3.05, 3.63) is 48.6 Å². The van der Waals surface area contributed by atoms with E-state index < -0.39 is 8.07 Å². The van der Waals surface area contributed by atoms with E-state index in [1.54, 1.807) is 5.19 Å². The lowest BCUT2D eigenvalue weighted by Gasteiger charge is -2.42. The molecule has 0 unspecified atom stereocenters. The van der Waals surface area contributed by atoms with Crippen LogP contribution < -0.4 is 5.19 Å². The maximum atomic E-state index is 2.45. The van der Waals surface area contributed by atoms with Crippen molar-refractivity contribution in [2.24, 2.45) is 0 Å². The fourth-order valence-electron chi connectivity index (χ4n) is 3.50. The van der Waals surface area contributed by atoms with Crippen LogP contribution in [-0.2, 0) is 0 Å². The Balaban J connectivity index is 1.99. The minimum atomic E-state index is -1.25. The van der Waals surface area contributed by atoms with Crippen molar-refractivity contribution < 1.29 is 0 Å². The average Bonchev–Trinajstić information content (AvgIpc) is 3.04. The Labute approximate surface area is 99.1 Å². The molecule has 1 aromatic rings. The maximum absolute atomic E-state index is 2.45. The van der Waals surface area contributed by atoms with Crippen molar-refractivity contribution in [1.29, 1.82) is 0 Å². The fourth-order valence-corrected chi connectivity index (χ4v) is 8.96. The second kappa shape index (κ2) is 4.14. The molecule has 2 aliphatic rings. The van der Waals surface area contributed by atoms with Crippen LogP contribution in [0.15, 0.2) is 48.6 Å². The highest BCUT2D eigenvalue weighted by Gasteiger charge is 2.38. The van der Waals surface area contributed by atoms with Crippen LogP contribution in [0.3, 0.4) is 0 Å². The molecule has 0 spiro atoms. The number of allylic oxidation sites excluding steroid dienone is 4. The van der Waals surface area contributed by atoms with E-state index >= 15 is 0 Å². The maximum Gasteiger partial charge on any atom is 0.0370 e. The van der Waals surface area contributed by atoms with Gasteiger partial charge in [0.2, 0.25) is 0 Å². The zero-order valence-electron chi connectivity index (χ0n) is 9.73. The number of rotatable bonds is 2. The second-order valence-electron chi connectivity index (χ2n) is 5.19. The smallest absolute Gasteiger partial charge is 0.0370 e. The molecule has 16 heavy (non-hydrogen) atoms. The number of hydrogen-bond donors (Lipinski definition) is 0. The molecule has 1 saturated heterocycles. The third kappa shape index (κ3) is 1.54. The van der Waals surface area contributed by atoms with Gasteiger partial charge in [-0.25, -0.2) is 12.1 Å². The predicted molar refractivity (Wildman–Crippen MR) is 72.9 cm³/mol. The molecule has 0 radical (unpaired) electrons. The van der Waals surface area contributed by atoms with Crippen LogP contribution in [-0.4, -0.2) is 8.07 Å². The summed E-state index contributed by atoms with van der Waals surface area (Å²) in [6.45, 7) is 0. The van der Waals surface area contributed by atoms with Gasteiger partial charge in [0.1, 0.15) is 0 Å². The van der Waals surface area contributed by atoms with E-state index in [-0.39, 0.29) is 0 Å². The molecular weight excluding hydrogens is 208 g/mol. The van der Waals surface area contributed by atoms with Gasteiger partial charge in [0, 0.05) is 8.07 Å². The molecule has 0 nitrogen and oxygen atoms in total. The van der Waals surface area contributed by atoms with Gasteiger partial charge in [-0.3, -0.25) is 0 Å². The lowest BCUT2D eigenvalue weighted by molar-refractivity contribution is 0.709. The molecule has 0 amide bonds. The first kappa shape index (κ1) is 10.2. The van der Waals surface area contributed by atoms with Gasteiger partial charge in [-0.15, -0.1) is 0 Å². The highest BCUT2D eigenvalue weighted by molar-refractivity contribution is 6.94. The zero-order valence-corrected chi connectivity index (χ0v) is 10.7. The van der Waals surface area contributed by atoms with Crippen molar-refractivity contribution in [2.75, 3.05) is 0 Å². The van der Waals surface area contributed by atoms with Crippen LogP contribution in [0.5, 0.6) is 0 Å². The Morgan fingerprint density at radius 2 is 1.50 bits per heavy atom. The van der Waals surface area contributed by atoms with Crippen LogP contribution in [0.25, 0.3) is 0 Å². The summed E-state index contributed by atoms with van der Waals surface area (Å²) in [5, 5.41) is 1.70. The molecule has 1 aromatic carbocycles. The van der Waals surface area contributed by atoms with E-state index in [0.717, 1.165) is 5.54 Å². The van der Waals surface area contributed by atoms with E-state index in [0.29, 0.717) is 0 Å². The molecule has 0 N–H and O–H groups in total. The molecule has 0 saturated carbocycles. The Kier molecular flexibility index (Phi) is 2.64. The van der Waals surface area contributed by atoms with E-state index in [9.17, 15) is 0 Å². The van der Waals surface area contributed by atoms with Crippen molar-refractivity contribution in [2.45, 2.75) is 36.9 Å². The van der Waals surface area contributed by atoms with Gasteiger partial charge in [0.05, 0.1) is 0 Å². The lowest BCUT2D eigenvalue weighted by atomic mass is 10.3. The summed E-state index contributed by atoms with van der Waals surface area (Å²) in [6.07, 6.45) is 13.8. The van der Waals surface area contributed by atoms with E-state index in [4.69, 9.17) is 0 Å². The molecule has 0 atom stereocenters. The molecular formula is C15H19Si-. The molecule has 1 heteroatoms.